The first kappa shape index (κ1) is 17.2. The van der Waals surface area contributed by atoms with Gasteiger partial charge in [0.2, 0.25) is 0 Å². The molecule has 1 heterocycles. The van der Waals surface area contributed by atoms with Crippen LogP contribution in [0, 0.1) is 0 Å². The predicted octanol–water partition coefficient (Wildman–Crippen LogP) is 3.22. The third-order valence-corrected chi connectivity index (χ3v) is 4.75. The SMILES string of the molecule is O=C(NCCn1nc(C2CC2)ccc1=O)c1ccc(-c2ccccc2)cc1. The zero-order valence-electron chi connectivity index (χ0n) is 15.0. The van der Waals surface area contributed by atoms with Gasteiger partial charge in [-0.25, -0.2) is 4.68 Å². The minimum absolute atomic E-state index is 0.138. The summed E-state index contributed by atoms with van der Waals surface area (Å²) in [5.74, 6) is 0.343. The summed E-state index contributed by atoms with van der Waals surface area (Å²) in [7, 11) is 0. The van der Waals surface area contributed by atoms with E-state index in [1.807, 2.05) is 60.7 Å². The number of carbonyl (C=O) groups is 1. The van der Waals surface area contributed by atoms with Gasteiger partial charge in [0.15, 0.2) is 0 Å². The van der Waals surface area contributed by atoms with Crippen molar-refractivity contribution in [1.29, 1.82) is 0 Å². The normalized spacial score (nSPS) is 13.3. The number of aromatic nitrogens is 2. The zero-order valence-corrected chi connectivity index (χ0v) is 15.0. The molecule has 1 aromatic heterocycles. The molecule has 1 aliphatic rings. The van der Waals surface area contributed by atoms with Crippen LogP contribution in [0.15, 0.2) is 71.5 Å². The molecule has 3 aromatic rings. The largest absolute Gasteiger partial charge is 0.350 e. The molecule has 27 heavy (non-hydrogen) atoms. The third-order valence-electron chi connectivity index (χ3n) is 4.75. The second kappa shape index (κ2) is 7.58. The molecule has 0 unspecified atom stereocenters. The molecule has 0 bridgehead atoms. The number of nitrogens with zero attached hydrogens (tertiary/aromatic N) is 2. The predicted molar refractivity (Wildman–Crippen MR) is 105 cm³/mol. The van der Waals surface area contributed by atoms with E-state index in [1.165, 1.54) is 4.68 Å². The molecule has 1 amide bonds. The van der Waals surface area contributed by atoms with E-state index >= 15 is 0 Å². The summed E-state index contributed by atoms with van der Waals surface area (Å²) in [4.78, 5) is 24.3. The molecular formula is C22H21N3O2. The molecule has 1 saturated carbocycles. The van der Waals surface area contributed by atoms with E-state index in [2.05, 4.69) is 10.4 Å². The third kappa shape index (κ3) is 4.14. The highest BCUT2D eigenvalue weighted by Crippen LogP contribution is 2.38. The maximum atomic E-state index is 12.3. The lowest BCUT2D eigenvalue weighted by Crippen LogP contribution is -2.32. The van der Waals surface area contributed by atoms with Gasteiger partial charge < -0.3 is 5.32 Å². The van der Waals surface area contributed by atoms with Gasteiger partial charge in [-0.05, 0) is 42.2 Å². The lowest BCUT2D eigenvalue weighted by atomic mass is 10.0. The van der Waals surface area contributed by atoms with Crippen molar-refractivity contribution in [2.75, 3.05) is 6.54 Å². The van der Waals surface area contributed by atoms with Crippen molar-refractivity contribution in [2.24, 2.45) is 0 Å². The van der Waals surface area contributed by atoms with Crippen LogP contribution in [0.4, 0.5) is 0 Å². The molecule has 0 radical (unpaired) electrons. The minimum Gasteiger partial charge on any atom is -0.350 e. The molecule has 4 rings (SSSR count). The Labute approximate surface area is 157 Å². The van der Waals surface area contributed by atoms with Crippen LogP contribution in [0.2, 0.25) is 0 Å². The van der Waals surface area contributed by atoms with Crippen molar-refractivity contribution in [3.8, 4) is 11.1 Å². The number of rotatable bonds is 6. The highest BCUT2D eigenvalue weighted by Gasteiger charge is 2.25. The molecule has 1 fully saturated rings. The van der Waals surface area contributed by atoms with Gasteiger partial charge in [0.1, 0.15) is 0 Å². The Hall–Kier alpha value is -3.21. The second-order valence-electron chi connectivity index (χ2n) is 6.79. The van der Waals surface area contributed by atoms with Gasteiger partial charge in [-0.2, -0.15) is 5.10 Å². The number of hydrogen-bond donors (Lipinski definition) is 1. The summed E-state index contributed by atoms with van der Waals surface area (Å²) in [5.41, 5.74) is 3.62. The molecule has 0 saturated heterocycles. The van der Waals surface area contributed by atoms with Crippen molar-refractivity contribution in [3.63, 3.8) is 0 Å². The van der Waals surface area contributed by atoms with Gasteiger partial charge in [-0.3, -0.25) is 9.59 Å². The minimum atomic E-state index is -0.152. The quantitative estimate of drug-likeness (QED) is 0.735. The van der Waals surface area contributed by atoms with Gasteiger partial charge >= 0.3 is 0 Å². The van der Waals surface area contributed by atoms with Crippen molar-refractivity contribution in [2.45, 2.75) is 25.3 Å². The first-order chi connectivity index (χ1) is 13.2. The van der Waals surface area contributed by atoms with Crippen molar-refractivity contribution >= 4 is 5.91 Å². The van der Waals surface area contributed by atoms with Gasteiger partial charge in [0, 0.05) is 24.1 Å². The van der Waals surface area contributed by atoms with Gasteiger partial charge in [0.05, 0.1) is 12.2 Å². The molecular weight excluding hydrogens is 338 g/mol. The summed E-state index contributed by atoms with van der Waals surface area (Å²) in [6.07, 6.45) is 2.28. The van der Waals surface area contributed by atoms with Crippen LogP contribution >= 0.6 is 0 Å². The summed E-state index contributed by atoms with van der Waals surface area (Å²) in [6.45, 7) is 0.730. The molecule has 2 aromatic carbocycles. The maximum Gasteiger partial charge on any atom is 0.266 e. The van der Waals surface area contributed by atoms with Crippen LogP contribution in [0.5, 0.6) is 0 Å². The highest BCUT2D eigenvalue weighted by atomic mass is 16.1. The average Bonchev–Trinajstić information content (AvgIpc) is 3.55. The Morgan fingerprint density at radius 1 is 0.963 bits per heavy atom. The van der Waals surface area contributed by atoms with E-state index < -0.39 is 0 Å². The average molecular weight is 359 g/mol. The summed E-state index contributed by atoms with van der Waals surface area (Å²) >= 11 is 0. The summed E-state index contributed by atoms with van der Waals surface area (Å²) < 4.78 is 1.44. The summed E-state index contributed by atoms with van der Waals surface area (Å²) in [5, 5.41) is 7.26. The number of carbonyl (C=O) groups excluding carboxylic acids is 1. The molecule has 0 spiro atoms. The van der Waals surface area contributed by atoms with E-state index in [9.17, 15) is 9.59 Å². The molecule has 136 valence electrons. The van der Waals surface area contributed by atoms with Crippen LogP contribution in [-0.2, 0) is 6.54 Å². The molecule has 1 aliphatic carbocycles. The number of hydrogen-bond acceptors (Lipinski definition) is 3. The highest BCUT2D eigenvalue weighted by molar-refractivity contribution is 5.94. The number of amides is 1. The van der Waals surface area contributed by atoms with Crippen LogP contribution in [-0.4, -0.2) is 22.2 Å². The van der Waals surface area contributed by atoms with Crippen molar-refractivity contribution in [1.82, 2.24) is 15.1 Å². The lowest BCUT2D eigenvalue weighted by Gasteiger charge is -2.09. The van der Waals surface area contributed by atoms with Gasteiger partial charge in [0.25, 0.3) is 11.5 Å². The second-order valence-corrected chi connectivity index (χ2v) is 6.79. The van der Waals surface area contributed by atoms with Gasteiger partial charge in [-0.15, -0.1) is 0 Å². The van der Waals surface area contributed by atoms with E-state index in [0.717, 1.165) is 29.7 Å². The monoisotopic (exact) mass is 359 g/mol. The van der Waals surface area contributed by atoms with E-state index in [0.29, 0.717) is 24.6 Å². The Morgan fingerprint density at radius 2 is 1.67 bits per heavy atom. The molecule has 5 nitrogen and oxygen atoms in total. The van der Waals surface area contributed by atoms with E-state index in [1.54, 1.807) is 6.07 Å². The molecule has 1 N–H and O–H groups in total. The van der Waals surface area contributed by atoms with Crippen LogP contribution < -0.4 is 10.9 Å². The van der Waals surface area contributed by atoms with E-state index in [4.69, 9.17) is 0 Å². The zero-order chi connectivity index (χ0) is 18.6. The Kier molecular flexibility index (Phi) is 4.83. The van der Waals surface area contributed by atoms with E-state index in [-0.39, 0.29) is 11.5 Å². The van der Waals surface area contributed by atoms with Crippen LogP contribution in [0.25, 0.3) is 11.1 Å². The Balaban J connectivity index is 1.36. The number of benzene rings is 2. The first-order valence-electron chi connectivity index (χ1n) is 9.22. The molecule has 5 heteroatoms. The smallest absolute Gasteiger partial charge is 0.266 e. The van der Waals surface area contributed by atoms with Crippen molar-refractivity contribution < 1.29 is 4.79 Å². The lowest BCUT2D eigenvalue weighted by molar-refractivity contribution is 0.0951. The Bertz CT molecular complexity index is 990. The number of nitrogens with one attached hydrogen (secondary N) is 1. The fraction of sp³-hybridized carbons (Fsp3) is 0.227. The molecule has 0 aliphatic heterocycles. The fourth-order valence-corrected chi connectivity index (χ4v) is 3.04. The molecule has 0 atom stereocenters. The van der Waals surface area contributed by atoms with Crippen LogP contribution in [0.1, 0.15) is 34.8 Å². The van der Waals surface area contributed by atoms with Crippen LogP contribution in [0.3, 0.4) is 0 Å². The summed E-state index contributed by atoms with van der Waals surface area (Å²) in [6, 6.07) is 20.9. The fourth-order valence-electron chi connectivity index (χ4n) is 3.04. The topological polar surface area (TPSA) is 64.0 Å². The Morgan fingerprint density at radius 3 is 2.37 bits per heavy atom. The first-order valence-corrected chi connectivity index (χ1v) is 9.22. The maximum absolute atomic E-state index is 12.3. The van der Waals surface area contributed by atoms with Gasteiger partial charge in [-0.1, -0.05) is 42.5 Å². The van der Waals surface area contributed by atoms with Crippen molar-refractivity contribution in [3.05, 3.63) is 88.3 Å². The standard InChI is InChI=1S/C22H21N3O2/c26-21-13-12-20(18-8-9-18)24-25(21)15-14-23-22(27)19-10-6-17(7-11-19)16-4-2-1-3-5-16/h1-7,10-13,18H,8-9,14-15H2,(H,23,27).